The average molecular weight is 273 g/mol. The van der Waals surface area contributed by atoms with Gasteiger partial charge < -0.3 is 10.8 Å². The summed E-state index contributed by atoms with van der Waals surface area (Å²) in [5.74, 6) is -0.0984. The summed E-state index contributed by atoms with van der Waals surface area (Å²) in [6.45, 7) is 10.4. The van der Waals surface area contributed by atoms with Crippen LogP contribution in [-0.2, 0) is 4.79 Å². The molecule has 3 nitrogen and oxygen atoms in total. The van der Waals surface area contributed by atoms with Crippen molar-refractivity contribution in [3.63, 3.8) is 0 Å². The predicted molar refractivity (Wildman–Crippen MR) is 83.4 cm³/mol. The normalized spacial score (nSPS) is 12.5. The summed E-state index contributed by atoms with van der Waals surface area (Å²) in [7, 11) is 0. The number of hydrogen-bond donors (Lipinski definition) is 2. The molecule has 0 aromatic rings. The van der Waals surface area contributed by atoms with Crippen LogP contribution in [0.2, 0.25) is 0 Å². The Hall–Kier alpha value is -0.570. The Morgan fingerprint density at radius 3 is 1.89 bits per heavy atom. The highest BCUT2D eigenvalue weighted by Gasteiger charge is 2.19. The van der Waals surface area contributed by atoms with Gasteiger partial charge in [0.15, 0.2) is 0 Å². The SMILES string of the molecule is CCC(=O)O.CCCCCCCCC(C)C(C)(C)N. The van der Waals surface area contributed by atoms with Crippen molar-refractivity contribution in [3.8, 4) is 0 Å². The maximum Gasteiger partial charge on any atom is 0.303 e. The molecule has 1 unspecified atom stereocenters. The first-order chi connectivity index (χ1) is 8.75. The Morgan fingerprint density at radius 1 is 1.11 bits per heavy atom. The molecule has 3 heteroatoms. The van der Waals surface area contributed by atoms with Crippen molar-refractivity contribution < 1.29 is 9.90 Å². The van der Waals surface area contributed by atoms with Gasteiger partial charge in [-0.1, -0.05) is 59.3 Å². The number of unbranched alkanes of at least 4 members (excludes halogenated alkanes) is 5. The molecule has 0 spiro atoms. The van der Waals surface area contributed by atoms with Crippen LogP contribution in [-0.4, -0.2) is 16.6 Å². The lowest BCUT2D eigenvalue weighted by molar-refractivity contribution is -0.136. The maximum atomic E-state index is 9.37. The number of aliphatic carboxylic acids is 1. The zero-order valence-corrected chi connectivity index (χ0v) is 13.7. The second kappa shape index (κ2) is 12.5. The quantitative estimate of drug-likeness (QED) is 0.604. The molecule has 3 N–H and O–H groups in total. The van der Waals surface area contributed by atoms with E-state index in [1.807, 2.05) is 0 Å². The highest BCUT2D eigenvalue weighted by Crippen LogP contribution is 2.20. The minimum absolute atomic E-state index is 0.00339. The van der Waals surface area contributed by atoms with E-state index in [-0.39, 0.29) is 12.0 Å². The van der Waals surface area contributed by atoms with Crippen LogP contribution in [0.3, 0.4) is 0 Å². The van der Waals surface area contributed by atoms with E-state index in [0.717, 1.165) is 0 Å². The molecule has 0 aromatic heterocycles. The lowest BCUT2D eigenvalue weighted by Gasteiger charge is -2.27. The molecule has 0 radical (unpaired) electrons. The smallest absolute Gasteiger partial charge is 0.303 e. The van der Waals surface area contributed by atoms with Gasteiger partial charge in [0.1, 0.15) is 0 Å². The Bertz CT molecular complexity index is 209. The van der Waals surface area contributed by atoms with E-state index >= 15 is 0 Å². The summed E-state index contributed by atoms with van der Waals surface area (Å²) in [6, 6.07) is 0. The molecule has 0 aliphatic rings. The van der Waals surface area contributed by atoms with Gasteiger partial charge in [-0.15, -0.1) is 0 Å². The average Bonchev–Trinajstić information content (AvgIpc) is 2.32. The number of carboxylic acids is 1. The van der Waals surface area contributed by atoms with E-state index in [9.17, 15) is 4.79 Å². The molecule has 19 heavy (non-hydrogen) atoms. The van der Waals surface area contributed by atoms with Crippen LogP contribution in [0.1, 0.15) is 86.0 Å². The van der Waals surface area contributed by atoms with Gasteiger partial charge in [-0.2, -0.15) is 0 Å². The summed E-state index contributed by atoms with van der Waals surface area (Å²) in [6.07, 6.45) is 9.81. The zero-order valence-electron chi connectivity index (χ0n) is 13.7. The second-order valence-electron chi connectivity index (χ2n) is 6.03. The molecular weight excluding hydrogens is 238 g/mol. The van der Waals surface area contributed by atoms with Gasteiger partial charge >= 0.3 is 5.97 Å². The molecule has 0 bridgehead atoms. The molecule has 0 aromatic carbocycles. The maximum absolute atomic E-state index is 9.37. The van der Waals surface area contributed by atoms with Crippen molar-refractivity contribution in [3.05, 3.63) is 0 Å². The minimum Gasteiger partial charge on any atom is -0.481 e. The van der Waals surface area contributed by atoms with Gasteiger partial charge in [0, 0.05) is 12.0 Å². The predicted octanol–water partition coefficient (Wildman–Crippen LogP) is 4.59. The fourth-order valence-corrected chi connectivity index (χ4v) is 1.60. The van der Waals surface area contributed by atoms with Gasteiger partial charge in [0.05, 0.1) is 0 Å². The topological polar surface area (TPSA) is 63.3 Å². The summed E-state index contributed by atoms with van der Waals surface area (Å²) in [4.78, 5) is 9.37. The molecule has 116 valence electrons. The highest BCUT2D eigenvalue weighted by atomic mass is 16.4. The standard InChI is InChI=1S/C13H29N.C3H6O2/c1-5-6-7-8-9-10-11-12(2)13(3,4)14;1-2-3(4)5/h12H,5-11,14H2,1-4H3;2H2,1H3,(H,4,5). The largest absolute Gasteiger partial charge is 0.481 e. The van der Waals surface area contributed by atoms with Gasteiger partial charge in [0.25, 0.3) is 0 Å². The summed E-state index contributed by atoms with van der Waals surface area (Å²) in [5, 5.41) is 7.72. The highest BCUT2D eigenvalue weighted by molar-refractivity contribution is 5.66. The van der Waals surface area contributed by atoms with Crippen molar-refractivity contribution in [2.75, 3.05) is 0 Å². The Labute approximate surface area is 120 Å². The number of nitrogens with two attached hydrogens (primary N) is 1. The number of carboxylic acid groups (broad SMARTS) is 1. The van der Waals surface area contributed by atoms with E-state index in [4.69, 9.17) is 10.8 Å². The molecule has 0 fully saturated rings. The van der Waals surface area contributed by atoms with Crippen molar-refractivity contribution in [2.24, 2.45) is 11.7 Å². The fourth-order valence-electron chi connectivity index (χ4n) is 1.60. The van der Waals surface area contributed by atoms with Gasteiger partial charge in [-0.3, -0.25) is 4.79 Å². The molecular formula is C16H35NO2. The lowest BCUT2D eigenvalue weighted by atomic mass is 9.86. The molecule has 1 atom stereocenters. The number of hydrogen-bond acceptors (Lipinski definition) is 2. The molecule has 0 rings (SSSR count). The molecule has 0 amide bonds. The van der Waals surface area contributed by atoms with Gasteiger partial charge in [-0.05, 0) is 26.2 Å². The number of rotatable bonds is 9. The second-order valence-corrected chi connectivity index (χ2v) is 6.03. The van der Waals surface area contributed by atoms with Crippen LogP contribution in [0.25, 0.3) is 0 Å². The van der Waals surface area contributed by atoms with Crippen LogP contribution in [0.15, 0.2) is 0 Å². The van der Waals surface area contributed by atoms with Gasteiger partial charge in [0.2, 0.25) is 0 Å². The minimum atomic E-state index is -0.745. The summed E-state index contributed by atoms with van der Waals surface area (Å²) < 4.78 is 0. The Kier molecular flexibility index (Phi) is 13.6. The zero-order chi connectivity index (χ0) is 15.3. The van der Waals surface area contributed by atoms with Crippen molar-refractivity contribution >= 4 is 5.97 Å². The molecule has 0 saturated carbocycles. The van der Waals surface area contributed by atoms with E-state index in [2.05, 4.69) is 27.7 Å². The van der Waals surface area contributed by atoms with Crippen LogP contribution in [0.5, 0.6) is 0 Å². The molecule has 0 aliphatic carbocycles. The Balaban J connectivity index is 0. The first-order valence-electron chi connectivity index (χ1n) is 7.76. The summed E-state index contributed by atoms with van der Waals surface area (Å²) >= 11 is 0. The Morgan fingerprint density at radius 2 is 1.53 bits per heavy atom. The monoisotopic (exact) mass is 273 g/mol. The molecule has 0 heterocycles. The van der Waals surface area contributed by atoms with Crippen LogP contribution < -0.4 is 5.73 Å². The first-order valence-corrected chi connectivity index (χ1v) is 7.76. The molecule has 0 saturated heterocycles. The number of carbonyl (C=O) groups is 1. The van der Waals surface area contributed by atoms with Crippen molar-refractivity contribution in [2.45, 2.75) is 91.5 Å². The van der Waals surface area contributed by atoms with E-state index in [1.54, 1.807) is 6.92 Å². The lowest BCUT2D eigenvalue weighted by Crippen LogP contribution is -2.39. The van der Waals surface area contributed by atoms with E-state index in [1.165, 1.54) is 44.9 Å². The van der Waals surface area contributed by atoms with Crippen LogP contribution in [0.4, 0.5) is 0 Å². The summed E-state index contributed by atoms with van der Waals surface area (Å²) in [5.41, 5.74) is 6.04. The third-order valence-electron chi connectivity index (χ3n) is 3.56. The van der Waals surface area contributed by atoms with Gasteiger partial charge in [-0.25, -0.2) is 0 Å². The van der Waals surface area contributed by atoms with Crippen LogP contribution in [0, 0.1) is 5.92 Å². The third kappa shape index (κ3) is 17.4. The first kappa shape index (κ1) is 20.7. The van der Waals surface area contributed by atoms with Crippen molar-refractivity contribution in [1.29, 1.82) is 0 Å². The van der Waals surface area contributed by atoms with Crippen LogP contribution >= 0.6 is 0 Å². The van der Waals surface area contributed by atoms with Crippen molar-refractivity contribution in [1.82, 2.24) is 0 Å². The fraction of sp³-hybridized carbons (Fsp3) is 0.938. The third-order valence-corrected chi connectivity index (χ3v) is 3.56. The molecule has 0 aliphatic heterocycles. The van der Waals surface area contributed by atoms with E-state index < -0.39 is 5.97 Å². The van der Waals surface area contributed by atoms with E-state index in [0.29, 0.717) is 5.92 Å².